The molecule has 166 valence electrons. The molecule has 0 unspecified atom stereocenters. The van der Waals surface area contributed by atoms with Gasteiger partial charge in [0.1, 0.15) is 0 Å². The first-order valence-corrected chi connectivity index (χ1v) is 12.1. The van der Waals surface area contributed by atoms with Gasteiger partial charge in [-0.1, -0.05) is 91.2 Å². The van der Waals surface area contributed by atoms with Gasteiger partial charge in [-0.05, 0) is 32.3 Å². The maximum atomic E-state index is 12.5. The van der Waals surface area contributed by atoms with Crippen LogP contribution in [0.15, 0.2) is 64.9 Å². The molecule has 1 N–H and O–H groups in total. The molecule has 4 rings (SSSR count). The van der Waals surface area contributed by atoms with Gasteiger partial charge in [0.15, 0.2) is 11.0 Å². The zero-order chi connectivity index (χ0) is 22.3. The molecule has 3 aromatic rings. The summed E-state index contributed by atoms with van der Waals surface area (Å²) in [6.07, 6.45) is 5.96. The Labute approximate surface area is 193 Å². The van der Waals surface area contributed by atoms with Crippen molar-refractivity contribution < 1.29 is 4.79 Å². The zero-order valence-corrected chi connectivity index (χ0v) is 19.4. The first-order chi connectivity index (χ1) is 15.6. The Morgan fingerprint density at radius 3 is 2.50 bits per heavy atom. The molecule has 1 aliphatic rings. The molecule has 1 amide bonds. The standard InChI is InChI=1S/C25H29N5OS/c1-18-13-15-21(16-14-18)24-28-29-25(30(24)22-11-7-4-8-12-22)32-17-23(31)27-26-19(2)20-9-5-3-6-10-20/h3,5-6,9-10,13-16,22H,4,7-8,11-12,17H2,1-2H3,(H,27,31)/b26-19+. The van der Waals surface area contributed by atoms with Crippen LogP contribution in [0, 0.1) is 6.92 Å². The number of nitrogens with one attached hydrogen (secondary N) is 1. The summed E-state index contributed by atoms with van der Waals surface area (Å²) in [5, 5.41) is 14.0. The molecular formula is C25H29N5OS. The first kappa shape index (κ1) is 22.3. The van der Waals surface area contributed by atoms with Crippen molar-refractivity contribution in [3.8, 4) is 11.4 Å². The lowest BCUT2D eigenvalue weighted by atomic mass is 9.95. The van der Waals surface area contributed by atoms with Crippen LogP contribution in [0.3, 0.4) is 0 Å². The van der Waals surface area contributed by atoms with Crippen molar-refractivity contribution in [2.45, 2.75) is 57.1 Å². The van der Waals surface area contributed by atoms with E-state index in [0.717, 1.165) is 40.7 Å². The summed E-state index contributed by atoms with van der Waals surface area (Å²) in [7, 11) is 0. The van der Waals surface area contributed by atoms with Crippen molar-refractivity contribution in [1.29, 1.82) is 0 Å². The molecule has 0 bridgehead atoms. The second-order valence-electron chi connectivity index (χ2n) is 8.22. The molecule has 0 atom stereocenters. The van der Waals surface area contributed by atoms with Gasteiger partial charge in [-0.2, -0.15) is 5.10 Å². The fourth-order valence-electron chi connectivity index (χ4n) is 4.00. The predicted octanol–water partition coefficient (Wildman–Crippen LogP) is 5.39. The minimum Gasteiger partial charge on any atom is -0.299 e. The quantitative estimate of drug-likeness (QED) is 0.299. The molecule has 1 heterocycles. The number of aromatic nitrogens is 3. The van der Waals surface area contributed by atoms with Crippen molar-refractivity contribution in [3.63, 3.8) is 0 Å². The minimum atomic E-state index is -0.152. The Morgan fingerprint density at radius 2 is 1.78 bits per heavy atom. The van der Waals surface area contributed by atoms with Crippen LogP contribution < -0.4 is 5.43 Å². The Hall–Kier alpha value is -2.93. The molecule has 1 aliphatic carbocycles. The van der Waals surface area contributed by atoms with Crippen LogP contribution in [0.2, 0.25) is 0 Å². The summed E-state index contributed by atoms with van der Waals surface area (Å²) in [6.45, 7) is 3.97. The lowest BCUT2D eigenvalue weighted by Crippen LogP contribution is -2.22. The highest BCUT2D eigenvalue weighted by Crippen LogP contribution is 2.35. The van der Waals surface area contributed by atoms with E-state index in [1.807, 2.05) is 37.3 Å². The summed E-state index contributed by atoms with van der Waals surface area (Å²) < 4.78 is 2.25. The van der Waals surface area contributed by atoms with E-state index in [1.165, 1.54) is 36.6 Å². The minimum absolute atomic E-state index is 0.152. The number of amides is 1. The molecule has 0 saturated heterocycles. The number of rotatable bonds is 7. The second kappa shape index (κ2) is 10.6. The number of hydrogen-bond acceptors (Lipinski definition) is 5. The topological polar surface area (TPSA) is 72.2 Å². The van der Waals surface area contributed by atoms with E-state index in [1.54, 1.807) is 0 Å². The van der Waals surface area contributed by atoms with Gasteiger partial charge in [-0.15, -0.1) is 10.2 Å². The van der Waals surface area contributed by atoms with Crippen LogP contribution in [0.25, 0.3) is 11.4 Å². The monoisotopic (exact) mass is 447 g/mol. The van der Waals surface area contributed by atoms with Gasteiger partial charge in [-0.25, -0.2) is 5.43 Å². The van der Waals surface area contributed by atoms with Crippen molar-refractivity contribution in [2.24, 2.45) is 5.10 Å². The third-order valence-electron chi connectivity index (χ3n) is 5.79. The molecule has 6 nitrogen and oxygen atoms in total. The third kappa shape index (κ3) is 5.46. The fourth-order valence-corrected chi connectivity index (χ4v) is 4.79. The summed E-state index contributed by atoms with van der Waals surface area (Å²) in [6, 6.07) is 18.6. The lowest BCUT2D eigenvalue weighted by molar-refractivity contribution is -0.118. The van der Waals surface area contributed by atoms with Gasteiger partial charge in [0.05, 0.1) is 11.5 Å². The molecule has 1 fully saturated rings. The van der Waals surface area contributed by atoms with Crippen molar-refractivity contribution in [1.82, 2.24) is 20.2 Å². The molecule has 1 saturated carbocycles. The van der Waals surface area contributed by atoms with E-state index in [0.29, 0.717) is 6.04 Å². The Balaban J connectivity index is 1.48. The number of thioether (sulfide) groups is 1. The smallest absolute Gasteiger partial charge is 0.250 e. The third-order valence-corrected chi connectivity index (χ3v) is 6.73. The van der Waals surface area contributed by atoms with Gasteiger partial charge in [0, 0.05) is 11.6 Å². The molecular weight excluding hydrogens is 418 g/mol. The number of hydrogen-bond donors (Lipinski definition) is 1. The molecule has 32 heavy (non-hydrogen) atoms. The maximum Gasteiger partial charge on any atom is 0.250 e. The highest BCUT2D eigenvalue weighted by Gasteiger charge is 2.24. The summed E-state index contributed by atoms with van der Waals surface area (Å²) in [5.74, 6) is 0.975. The highest BCUT2D eigenvalue weighted by molar-refractivity contribution is 7.99. The van der Waals surface area contributed by atoms with Gasteiger partial charge in [-0.3, -0.25) is 9.36 Å². The second-order valence-corrected chi connectivity index (χ2v) is 9.16. The van der Waals surface area contributed by atoms with Crippen LogP contribution in [-0.4, -0.2) is 32.1 Å². The van der Waals surface area contributed by atoms with E-state index in [2.05, 4.69) is 56.5 Å². The summed E-state index contributed by atoms with van der Waals surface area (Å²) in [5.41, 5.74) is 6.71. The Bertz CT molecular complexity index is 1070. The predicted molar refractivity (Wildman–Crippen MR) is 130 cm³/mol. The van der Waals surface area contributed by atoms with E-state index in [-0.39, 0.29) is 11.7 Å². The molecule has 0 aliphatic heterocycles. The van der Waals surface area contributed by atoms with Crippen LogP contribution >= 0.6 is 11.8 Å². The number of aryl methyl sites for hydroxylation is 1. The van der Waals surface area contributed by atoms with E-state index >= 15 is 0 Å². The van der Waals surface area contributed by atoms with Crippen molar-refractivity contribution in [3.05, 3.63) is 65.7 Å². The van der Waals surface area contributed by atoms with Crippen molar-refractivity contribution in [2.75, 3.05) is 5.75 Å². The van der Waals surface area contributed by atoms with E-state index in [9.17, 15) is 4.79 Å². The number of carbonyl (C=O) groups is 1. The van der Waals surface area contributed by atoms with Crippen LogP contribution in [-0.2, 0) is 4.79 Å². The van der Waals surface area contributed by atoms with Crippen LogP contribution in [0.1, 0.15) is 56.2 Å². The summed E-state index contributed by atoms with van der Waals surface area (Å²) in [4.78, 5) is 12.5. The SMILES string of the molecule is C/C(=N\NC(=O)CSc1nnc(-c2ccc(C)cc2)n1C1CCCCC1)c1ccccc1. The Morgan fingerprint density at radius 1 is 1.06 bits per heavy atom. The maximum absolute atomic E-state index is 12.5. The number of carbonyl (C=O) groups excluding carboxylic acids is 1. The molecule has 0 radical (unpaired) electrons. The fraction of sp³-hybridized carbons (Fsp3) is 0.360. The molecule has 7 heteroatoms. The number of nitrogens with zero attached hydrogens (tertiary/aromatic N) is 4. The van der Waals surface area contributed by atoms with Crippen LogP contribution in [0.5, 0.6) is 0 Å². The average molecular weight is 448 g/mol. The van der Waals surface area contributed by atoms with Crippen LogP contribution in [0.4, 0.5) is 0 Å². The number of benzene rings is 2. The van der Waals surface area contributed by atoms with E-state index in [4.69, 9.17) is 0 Å². The Kier molecular flexibility index (Phi) is 7.37. The van der Waals surface area contributed by atoms with Gasteiger partial charge in [0.2, 0.25) is 0 Å². The zero-order valence-electron chi connectivity index (χ0n) is 18.6. The lowest BCUT2D eigenvalue weighted by Gasteiger charge is -2.25. The van der Waals surface area contributed by atoms with Crippen molar-refractivity contribution >= 4 is 23.4 Å². The molecule has 2 aromatic carbocycles. The summed E-state index contributed by atoms with van der Waals surface area (Å²) >= 11 is 1.42. The van der Waals surface area contributed by atoms with Gasteiger partial charge < -0.3 is 0 Å². The highest BCUT2D eigenvalue weighted by atomic mass is 32.2. The van der Waals surface area contributed by atoms with E-state index < -0.39 is 0 Å². The normalized spacial score (nSPS) is 15.0. The van der Waals surface area contributed by atoms with Gasteiger partial charge >= 0.3 is 0 Å². The first-order valence-electron chi connectivity index (χ1n) is 11.1. The molecule has 1 aromatic heterocycles. The number of hydrazone groups is 1. The largest absolute Gasteiger partial charge is 0.299 e. The van der Waals surface area contributed by atoms with Gasteiger partial charge in [0.25, 0.3) is 5.91 Å². The average Bonchev–Trinajstić information content (AvgIpc) is 3.26. The molecule has 0 spiro atoms.